The highest BCUT2D eigenvalue weighted by atomic mass is 16.5. The maximum atomic E-state index is 10.2. The number of hydrogen-bond acceptors (Lipinski definition) is 3. The Balaban J connectivity index is 1.96. The van der Waals surface area contributed by atoms with Crippen LogP contribution >= 0.6 is 0 Å². The molecule has 0 spiro atoms. The van der Waals surface area contributed by atoms with Crippen LogP contribution in [0.4, 0.5) is 0 Å². The van der Waals surface area contributed by atoms with Crippen LogP contribution in [0, 0.1) is 5.92 Å². The van der Waals surface area contributed by atoms with E-state index in [-0.39, 0.29) is 12.1 Å². The van der Waals surface area contributed by atoms with Gasteiger partial charge in [0.1, 0.15) is 5.75 Å². The third kappa shape index (κ3) is 3.71. The Morgan fingerprint density at radius 1 is 1.26 bits per heavy atom. The van der Waals surface area contributed by atoms with E-state index in [1.54, 1.807) is 7.11 Å². The molecule has 106 valence electrons. The van der Waals surface area contributed by atoms with Crippen molar-refractivity contribution >= 4 is 0 Å². The fourth-order valence-electron chi connectivity index (χ4n) is 2.94. The molecule has 3 atom stereocenters. The van der Waals surface area contributed by atoms with Crippen molar-refractivity contribution in [2.45, 2.75) is 44.9 Å². The van der Waals surface area contributed by atoms with Gasteiger partial charge in [-0.2, -0.15) is 0 Å². The summed E-state index contributed by atoms with van der Waals surface area (Å²) in [7, 11) is 3.79. The first kappa shape index (κ1) is 14.4. The van der Waals surface area contributed by atoms with Crippen LogP contribution in [0.2, 0.25) is 0 Å². The lowest BCUT2D eigenvalue weighted by molar-refractivity contribution is 0.0139. The topological polar surface area (TPSA) is 32.7 Å². The minimum absolute atomic E-state index is 0.181. The quantitative estimate of drug-likeness (QED) is 0.906. The van der Waals surface area contributed by atoms with Crippen LogP contribution in [0.5, 0.6) is 5.75 Å². The Morgan fingerprint density at radius 2 is 1.95 bits per heavy atom. The van der Waals surface area contributed by atoms with Crippen molar-refractivity contribution in [1.82, 2.24) is 4.90 Å². The number of likely N-dealkylation sites (N-methyl/N-ethyl adjacent to an activating group) is 1. The van der Waals surface area contributed by atoms with Gasteiger partial charge in [-0.1, -0.05) is 19.1 Å². The number of hydrogen-bond donors (Lipinski definition) is 1. The number of aliphatic hydroxyl groups excluding tert-OH is 1. The van der Waals surface area contributed by atoms with Crippen molar-refractivity contribution in [2.75, 3.05) is 14.2 Å². The fraction of sp³-hybridized carbons (Fsp3) is 0.625. The predicted octanol–water partition coefficient (Wildman–Crippen LogP) is 2.68. The van der Waals surface area contributed by atoms with Crippen molar-refractivity contribution in [3.8, 4) is 5.75 Å². The number of methoxy groups -OCH3 is 1. The molecule has 2 rings (SSSR count). The summed E-state index contributed by atoms with van der Waals surface area (Å²) in [4.78, 5) is 2.28. The summed E-state index contributed by atoms with van der Waals surface area (Å²) >= 11 is 0. The van der Waals surface area contributed by atoms with Gasteiger partial charge in [0.05, 0.1) is 13.2 Å². The Bertz CT molecular complexity index is 390. The van der Waals surface area contributed by atoms with Crippen molar-refractivity contribution in [2.24, 2.45) is 5.92 Å². The van der Waals surface area contributed by atoms with E-state index in [1.807, 2.05) is 12.1 Å². The molecular formula is C16H25NO2. The lowest BCUT2D eigenvalue weighted by atomic mass is 9.84. The van der Waals surface area contributed by atoms with Gasteiger partial charge in [-0.25, -0.2) is 0 Å². The van der Waals surface area contributed by atoms with Gasteiger partial charge >= 0.3 is 0 Å². The molecule has 3 nitrogen and oxygen atoms in total. The van der Waals surface area contributed by atoms with Crippen LogP contribution in [-0.4, -0.2) is 36.3 Å². The molecule has 0 radical (unpaired) electrons. The van der Waals surface area contributed by atoms with Gasteiger partial charge < -0.3 is 9.84 Å². The highest BCUT2D eigenvalue weighted by Gasteiger charge is 2.29. The third-order valence-corrected chi connectivity index (χ3v) is 4.20. The van der Waals surface area contributed by atoms with Crippen LogP contribution in [0.15, 0.2) is 24.3 Å². The zero-order valence-electron chi connectivity index (χ0n) is 12.2. The third-order valence-electron chi connectivity index (χ3n) is 4.20. The maximum absolute atomic E-state index is 10.2. The molecule has 0 heterocycles. The predicted molar refractivity (Wildman–Crippen MR) is 77.3 cm³/mol. The SMILES string of the molecule is COc1ccc(CN(C)C2CC(C)CCC2O)cc1. The van der Waals surface area contributed by atoms with E-state index in [0.29, 0.717) is 5.92 Å². The average Bonchev–Trinajstić information content (AvgIpc) is 2.42. The first-order chi connectivity index (χ1) is 9.10. The summed E-state index contributed by atoms with van der Waals surface area (Å²) in [6.45, 7) is 3.15. The van der Waals surface area contributed by atoms with Crippen LogP contribution in [0.3, 0.4) is 0 Å². The Labute approximate surface area is 116 Å². The van der Waals surface area contributed by atoms with Gasteiger partial charge in [-0.15, -0.1) is 0 Å². The minimum atomic E-state index is -0.181. The highest BCUT2D eigenvalue weighted by Crippen LogP contribution is 2.28. The van der Waals surface area contributed by atoms with Gasteiger partial charge in [-0.05, 0) is 49.9 Å². The second kappa shape index (κ2) is 6.40. The summed E-state index contributed by atoms with van der Waals surface area (Å²) in [5.41, 5.74) is 1.26. The smallest absolute Gasteiger partial charge is 0.118 e. The van der Waals surface area contributed by atoms with Gasteiger partial charge in [-0.3, -0.25) is 4.90 Å². The molecule has 1 aromatic rings. The van der Waals surface area contributed by atoms with E-state index in [0.717, 1.165) is 31.6 Å². The van der Waals surface area contributed by atoms with E-state index in [1.165, 1.54) is 5.56 Å². The largest absolute Gasteiger partial charge is 0.497 e. The average molecular weight is 263 g/mol. The molecule has 19 heavy (non-hydrogen) atoms. The van der Waals surface area contributed by atoms with Crippen molar-refractivity contribution in [3.63, 3.8) is 0 Å². The zero-order valence-corrected chi connectivity index (χ0v) is 12.2. The summed E-state index contributed by atoms with van der Waals surface area (Å²) in [5, 5.41) is 10.2. The molecule has 1 aliphatic rings. The van der Waals surface area contributed by atoms with Crippen LogP contribution in [-0.2, 0) is 6.54 Å². The Kier molecular flexibility index (Phi) is 4.83. The molecule has 1 aromatic carbocycles. The van der Waals surface area contributed by atoms with Crippen LogP contribution in [0.1, 0.15) is 31.7 Å². The molecule has 0 amide bonds. The molecule has 0 aromatic heterocycles. The molecular weight excluding hydrogens is 238 g/mol. The van der Waals surface area contributed by atoms with Crippen molar-refractivity contribution in [1.29, 1.82) is 0 Å². The van der Waals surface area contributed by atoms with E-state index in [9.17, 15) is 5.11 Å². The molecule has 0 bridgehead atoms. The van der Waals surface area contributed by atoms with Gasteiger partial charge in [0.15, 0.2) is 0 Å². The van der Waals surface area contributed by atoms with E-state index < -0.39 is 0 Å². The van der Waals surface area contributed by atoms with E-state index >= 15 is 0 Å². The molecule has 0 saturated heterocycles. The first-order valence-electron chi connectivity index (χ1n) is 7.11. The molecule has 1 N–H and O–H groups in total. The number of rotatable bonds is 4. The summed E-state index contributed by atoms with van der Waals surface area (Å²) in [6, 6.07) is 8.44. The molecule has 3 heteroatoms. The van der Waals surface area contributed by atoms with Crippen molar-refractivity contribution in [3.05, 3.63) is 29.8 Å². The van der Waals surface area contributed by atoms with E-state index in [2.05, 4.69) is 31.0 Å². The molecule has 1 aliphatic carbocycles. The highest BCUT2D eigenvalue weighted by molar-refractivity contribution is 5.27. The number of ether oxygens (including phenoxy) is 1. The molecule has 0 aliphatic heterocycles. The van der Waals surface area contributed by atoms with E-state index in [4.69, 9.17) is 4.74 Å². The van der Waals surface area contributed by atoms with Gasteiger partial charge in [0, 0.05) is 12.6 Å². The first-order valence-corrected chi connectivity index (χ1v) is 7.11. The summed E-state index contributed by atoms with van der Waals surface area (Å²) in [6.07, 6.45) is 2.99. The van der Waals surface area contributed by atoms with Gasteiger partial charge in [0.25, 0.3) is 0 Å². The number of nitrogens with zero attached hydrogens (tertiary/aromatic N) is 1. The maximum Gasteiger partial charge on any atom is 0.118 e. The molecule has 1 saturated carbocycles. The second-order valence-electron chi connectivity index (χ2n) is 5.82. The zero-order chi connectivity index (χ0) is 13.8. The Morgan fingerprint density at radius 3 is 2.58 bits per heavy atom. The molecule has 3 unspecified atom stereocenters. The Hall–Kier alpha value is -1.06. The lowest BCUT2D eigenvalue weighted by Crippen LogP contribution is -2.44. The van der Waals surface area contributed by atoms with Gasteiger partial charge in [0.2, 0.25) is 0 Å². The summed E-state index contributed by atoms with van der Waals surface area (Å²) < 4.78 is 5.17. The lowest BCUT2D eigenvalue weighted by Gasteiger charge is -2.38. The summed E-state index contributed by atoms with van der Waals surface area (Å²) in [5.74, 6) is 1.60. The van der Waals surface area contributed by atoms with Crippen LogP contribution in [0.25, 0.3) is 0 Å². The minimum Gasteiger partial charge on any atom is -0.497 e. The normalized spacial score (nSPS) is 27.5. The fourth-order valence-corrected chi connectivity index (χ4v) is 2.94. The number of benzene rings is 1. The van der Waals surface area contributed by atoms with Crippen molar-refractivity contribution < 1.29 is 9.84 Å². The molecule has 1 fully saturated rings. The second-order valence-corrected chi connectivity index (χ2v) is 5.82. The standard InChI is InChI=1S/C16H25NO2/c1-12-4-9-16(18)15(10-12)17(2)11-13-5-7-14(19-3)8-6-13/h5-8,12,15-16,18H,4,9-11H2,1-3H3. The monoisotopic (exact) mass is 263 g/mol. The number of aliphatic hydroxyl groups is 1. The van der Waals surface area contributed by atoms with Crippen LogP contribution < -0.4 is 4.74 Å².